The van der Waals surface area contributed by atoms with E-state index in [1.165, 1.54) is 0 Å². The summed E-state index contributed by atoms with van der Waals surface area (Å²) in [6, 6.07) is 0. The minimum Gasteiger partial charge on any atom is -0.450 e. The summed E-state index contributed by atoms with van der Waals surface area (Å²) in [6.07, 6.45) is -1.83. The zero-order chi connectivity index (χ0) is 3.58. The van der Waals surface area contributed by atoms with Gasteiger partial charge in [-0.1, -0.05) is 0 Å². The Bertz CT molecular complexity index is 30.5. The van der Waals surface area contributed by atoms with Gasteiger partial charge in [-0.2, -0.15) is 0 Å². The Morgan fingerprint density at radius 1 is 1.33 bits per heavy atom. The molecule has 5 heteroatoms. The van der Waals surface area contributed by atoms with Crippen LogP contribution in [0.5, 0.6) is 0 Å². The number of hydrogen-bond acceptors (Lipinski definition) is 1. The monoisotopic (exact) mass is 100 g/mol. The van der Waals surface area contributed by atoms with Crippen LogP contribution in [0, 0.1) is 0 Å². The van der Waals surface area contributed by atoms with Gasteiger partial charge in [0.1, 0.15) is 0 Å². The van der Waals surface area contributed by atoms with Crippen LogP contribution in [0.4, 0.5) is 9.50 Å². The molecule has 6 heavy (non-hydrogen) atoms. The lowest BCUT2D eigenvalue weighted by Crippen LogP contribution is -1.81. The van der Waals surface area contributed by atoms with E-state index in [0.29, 0.717) is 0 Å². The molecule has 0 amide bonds. The lowest BCUT2D eigenvalue weighted by atomic mass is 11.5. The first kappa shape index (κ1) is 19.1. The molecule has 0 spiro atoms. The first-order valence-electron chi connectivity index (χ1n) is 0.651. The third-order valence-electron chi connectivity index (χ3n) is 0. The molecule has 0 unspecified atom stereocenters. The Morgan fingerprint density at radius 2 is 1.33 bits per heavy atom. The number of carboxylic acid groups (broad SMARTS) is 2. The smallest absolute Gasteiger partial charge is 0.450 e. The van der Waals surface area contributed by atoms with Crippen LogP contribution in [-0.2, 0) is 0 Å². The lowest BCUT2D eigenvalue weighted by molar-refractivity contribution is 0.137. The highest BCUT2D eigenvalue weighted by Crippen LogP contribution is 1.42. The first-order valence-corrected chi connectivity index (χ1v) is 0.651. The van der Waals surface area contributed by atoms with Gasteiger partial charge in [-0.15, -0.1) is 0 Å². The molecular weight excluding hydrogens is 95.0 g/mol. The van der Waals surface area contributed by atoms with Gasteiger partial charge in [0, 0.05) is 0 Å². The molecule has 0 aliphatic heterocycles. The standard InChI is InChI=1S/CH2O3.FH.H2O/c2-1(3)4;;/h(H2,2,3,4);1H;1H2. The molecular formula is CH5FO4. The number of hydrogen-bond donors (Lipinski definition) is 2. The van der Waals surface area contributed by atoms with E-state index >= 15 is 0 Å². The molecule has 0 aromatic rings. The van der Waals surface area contributed by atoms with Crippen molar-refractivity contribution in [2.75, 3.05) is 0 Å². The van der Waals surface area contributed by atoms with Gasteiger partial charge in [0.25, 0.3) is 0 Å². The quantitative estimate of drug-likeness (QED) is 0.432. The van der Waals surface area contributed by atoms with Crippen LogP contribution in [0.15, 0.2) is 0 Å². The van der Waals surface area contributed by atoms with E-state index < -0.39 is 6.16 Å². The summed E-state index contributed by atoms with van der Waals surface area (Å²) in [6.45, 7) is 0. The molecule has 0 saturated heterocycles. The fourth-order valence-corrected chi connectivity index (χ4v) is 0. The Kier molecular flexibility index (Phi) is 28.4. The molecule has 0 bridgehead atoms. The van der Waals surface area contributed by atoms with Gasteiger partial charge < -0.3 is 15.7 Å². The summed E-state index contributed by atoms with van der Waals surface area (Å²) < 4.78 is 0. The van der Waals surface area contributed by atoms with E-state index in [0.717, 1.165) is 0 Å². The van der Waals surface area contributed by atoms with Gasteiger partial charge in [0.05, 0.1) is 0 Å². The van der Waals surface area contributed by atoms with E-state index in [1.807, 2.05) is 0 Å². The van der Waals surface area contributed by atoms with Crippen molar-refractivity contribution in [3.8, 4) is 0 Å². The summed E-state index contributed by atoms with van der Waals surface area (Å²) in [5, 5.41) is 13.9. The summed E-state index contributed by atoms with van der Waals surface area (Å²) in [5.74, 6) is 0. The van der Waals surface area contributed by atoms with Crippen molar-refractivity contribution >= 4 is 6.16 Å². The Hall–Kier alpha value is -0.840. The van der Waals surface area contributed by atoms with E-state index in [9.17, 15) is 0 Å². The van der Waals surface area contributed by atoms with Gasteiger partial charge in [0.15, 0.2) is 0 Å². The Labute approximate surface area is 32.7 Å². The Balaban J connectivity index is -0.0000000450. The van der Waals surface area contributed by atoms with E-state index in [2.05, 4.69) is 0 Å². The van der Waals surface area contributed by atoms with Crippen LogP contribution in [-0.4, -0.2) is 21.8 Å². The molecule has 4 N–H and O–H groups in total. The van der Waals surface area contributed by atoms with Crippen molar-refractivity contribution in [2.24, 2.45) is 0 Å². The Morgan fingerprint density at radius 3 is 1.33 bits per heavy atom. The average molecular weight is 100 g/mol. The molecule has 0 atom stereocenters. The van der Waals surface area contributed by atoms with E-state index in [4.69, 9.17) is 15.0 Å². The number of carbonyl (C=O) groups is 1. The molecule has 0 aromatic carbocycles. The second kappa shape index (κ2) is 8.90. The molecule has 0 saturated carbocycles. The minimum atomic E-state index is -1.83. The topological polar surface area (TPSA) is 89.0 Å². The highest BCUT2D eigenvalue weighted by atomic mass is 19.0. The van der Waals surface area contributed by atoms with Gasteiger partial charge >= 0.3 is 6.16 Å². The summed E-state index contributed by atoms with van der Waals surface area (Å²) in [5.41, 5.74) is 0. The highest BCUT2D eigenvalue weighted by Gasteiger charge is 1.70. The van der Waals surface area contributed by atoms with Crippen LogP contribution in [0.1, 0.15) is 0 Å². The molecule has 0 heterocycles. The molecule has 40 valence electrons. The summed E-state index contributed by atoms with van der Waals surface area (Å²) in [4.78, 5) is 8.56. The predicted molar refractivity (Wildman–Crippen MR) is 16.8 cm³/mol. The third kappa shape index (κ3) is 20.9. The van der Waals surface area contributed by atoms with E-state index in [1.54, 1.807) is 0 Å². The second-order valence-electron chi connectivity index (χ2n) is 0.283. The molecule has 4 nitrogen and oxygen atoms in total. The number of rotatable bonds is 0. The van der Waals surface area contributed by atoms with Crippen molar-refractivity contribution in [2.45, 2.75) is 0 Å². The fourth-order valence-electron chi connectivity index (χ4n) is 0. The fraction of sp³-hybridized carbons (Fsp3) is 0. The SMILES string of the molecule is F.O.O=C(O)O. The molecule has 0 fully saturated rings. The maximum atomic E-state index is 8.56. The molecule has 0 radical (unpaired) electrons. The third-order valence-corrected chi connectivity index (χ3v) is 0. The normalized spacial score (nSPS) is 4.00. The lowest BCUT2D eigenvalue weighted by Gasteiger charge is -1.60. The van der Waals surface area contributed by atoms with Crippen molar-refractivity contribution in [1.29, 1.82) is 0 Å². The van der Waals surface area contributed by atoms with Crippen LogP contribution in [0.2, 0.25) is 0 Å². The largest absolute Gasteiger partial charge is 0.503 e. The zero-order valence-corrected chi connectivity index (χ0v) is 2.71. The summed E-state index contributed by atoms with van der Waals surface area (Å²) in [7, 11) is 0. The van der Waals surface area contributed by atoms with Gasteiger partial charge in [0.2, 0.25) is 0 Å². The van der Waals surface area contributed by atoms with Crippen LogP contribution >= 0.6 is 0 Å². The first-order chi connectivity index (χ1) is 1.73. The van der Waals surface area contributed by atoms with Crippen molar-refractivity contribution in [1.82, 2.24) is 0 Å². The molecule has 0 aromatic heterocycles. The molecule has 0 rings (SSSR count). The van der Waals surface area contributed by atoms with Crippen LogP contribution < -0.4 is 0 Å². The average Bonchev–Trinajstić information content (AvgIpc) is 0.811. The van der Waals surface area contributed by atoms with Crippen LogP contribution in [0.3, 0.4) is 0 Å². The second-order valence-corrected chi connectivity index (χ2v) is 0.283. The van der Waals surface area contributed by atoms with Gasteiger partial charge in [-0.25, -0.2) is 4.79 Å². The number of halogens is 1. The maximum Gasteiger partial charge on any atom is 0.503 e. The van der Waals surface area contributed by atoms with Gasteiger partial charge in [-0.3, -0.25) is 4.70 Å². The predicted octanol–water partition coefficient (Wildman–Crippen LogP) is -0.450. The molecule has 0 aliphatic carbocycles. The minimum absolute atomic E-state index is 0. The highest BCUT2D eigenvalue weighted by molar-refractivity contribution is 5.53. The van der Waals surface area contributed by atoms with Crippen LogP contribution in [0.25, 0.3) is 0 Å². The van der Waals surface area contributed by atoms with Gasteiger partial charge in [-0.05, 0) is 0 Å². The maximum absolute atomic E-state index is 8.56. The van der Waals surface area contributed by atoms with E-state index in [-0.39, 0.29) is 10.2 Å². The van der Waals surface area contributed by atoms with Crippen molar-refractivity contribution in [3.05, 3.63) is 0 Å². The zero-order valence-electron chi connectivity index (χ0n) is 2.71. The molecule has 0 aliphatic rings. The summed E-state index contributed by atoms with van der Waals surface area (Å²) >= 11 is 0. The van der Waals surface area contributed by atoms with Crippen molar-refractivity contribution in [3.63, 3.8) is 0 Å². The van der Waals surface area contributed by atoms with Crippen molar-refractivity contribution < 1.29 is 25.2 Å².